The van der Waals surface area contributed by atoms with Gasteiger partial charge in [-0.2, -0.15) is 0 Å². The van der Waals surface area contributed by atoms with Crippen molar-refractivity contribution in [1.82, 2.24) is 10.6 Å². The summed E-state index contributed by atoms with van der Waals surface area (Å²) >= 11 is 0. The van der Waals surface area contributed by atoms with Crippen LogP contribution >= 0.6 is 0 Å². The van der Waals surface area contributed by atoms with Crippen LogP contribution in [0.3, 0.4) is 0 Å². The molecule has 0 bridgehead atoms. The predicted molar refractivity (Wildman–Crippen MR) is 66.7 cm³/mol. The van der Waals surface area contributed by atoms with Gasteiger partial charge in [-0.25, -0.2) is 0 Å². The molecule has 2 aliphatic heterocycles. The summed E-state index contributed by atoms with van der Waals surface area (Å²) in [5.74, 6) is 1.05. The highest BCUT2D eigenvalue weighted by Gasteiger charge is 2.27. The molecular formula is C13H24N2O2. The number of ether oxygens (including phenoxy) is 1. The molecule has 0 spiro atoms. The Morgan fingerprint density at radius 1 is 1.41 bits per heavy atom. The van der Waals surface area contributed by atoms with E-state index < -0.39 is 0 Å². The SMILES string of the molecule is CC1CC(C(=O)NCCC2CCNCC2)CO1. The maximum Gasteiger partial charge on any atom is 0.225 e. The summed E-state index contributed by atoms with van der Waals surface area (Å²) in [5, 5.41) is 6.41. The molecule has 0 aliphatic carbocycles. The van der Waals surface area contributed by atoms with Gasteiger partial charge in [-0.15, -0.1) is 0 Å². The summed E-state index contributed by atoms with van der Waals surface area (Å²) in [6.45, 7) is 5.72. The Balaban J connectivity index is 1.59. The lowest BCUT2D eigenvalue weighted by Gasteiger charge is -2.22. The highest BCUT2D eigenvalue weighted by molar-refractivity contribution is 5.79. The van der Waals surface area contributed by atoms with E-state index in [1.165, 1.54) is 12.8 Å². The van der Waals surface area contributed by atoms with Crippen LogP contribution in [0.5, 0.6) is 0 Å². The fourth-order valence-electron chi connectivity index (χ4n) is 2.71. The van der Waals surface area contributed by atoms with Crippen molar-refractivity contribution in [3.05, 3.63) is 0 Å². The molecule has 2 saturated heterocycles. The molecule has 2 rings (SSSR count). The number of piperidine rings is 1. The highest BCUT2D eigenvalue weighted by atomic mass is 16.5. The largest absolute Gasteiger partial charge is 0.378 e. The maximum absolute atomic E-state index is 11.8. The second-order valence-corrected chi connectivity index (χ2v) is 5.35. The summed E-state index contributed by atoms with van der Waals surface area (Å²) in [7, 11) is 0. The van der Waals surface area contributed by atoms with E-state index in [1.807, 2.05) is 6.92 Å². The third-order valence-corrected chi connectivity index (χ3v) is 3.88. The van der Waals surface area contributed by atoms with E-state index in [0.29, 0.717) is 6.61 Å². The third kappa shape index (κ3) is 3.96. The normalized spacial score (nSPS) is 30.4. The molecule has 2 aliphatic rings. The summed E-state index contributed by atoms with van der Waals surface area (Å²) < 4.78 is 5.41. The lowest BCUT2D eigenvalue weighted by atomic mass is 9.94. The summed E-state index contributed by atoms with van der Waals surface area (Å²) in [6.07, 6.45) is 4.74. The Labute approximate surface area is 103 Å². The van der Waals surface area contributed by atoms with Crippen molar-refractivity contribution >= 4 is 5.91 Å². The van der Waals surface area contributed by atoms with Crippen molar-refractivity contribution in [3.8, 4) is 0 Å². The van der Waals surface area contributed by atoms with Crippen molar-refractivity contribution in [1.29, 1.82) is 0 Å². The second kappa shape index (κ2) is 6.36. The minimum Gasteiger partial charge on any atom is -0.378 e. The lowest BCUT2D eigenvalue weighted by Crippen LogP contribution is -2.34. The summed E-state index contributed by atoms with van der Waals surface area (Å²) in [6, 6.07) is 0. The van der Waals surface area contributed by atoms with Crippen LogP contribution in [0, 0.1) is 11.8 Å². The molecule has 1 amide bonds. The molecule has 4 heteroatoms. The van der Waals surface area contributed by atoms with Crippen molar-refractivity contribution in [3.63, 3.8) is 0 Å². The zero-order valence-corrected chi connectivity index (χ0v) is 10.7. The van der Waals surface area contributed by atoms with Crippen LogP contribution in [0.4, 0.5) is 0 Å². The fourth-order valence-corrected chi connectivity index (χ4v) is 2.71. The summed E-state index contributed by atoms with van der Waals surface area (Å²) in [4.78, 5) is 11.8. The summed E-state index contributed by atoms with van der Waals surface area (Å²) in [5.41, 5.74) is 0. The smallest absolute Gasteiger partial charge is 0.225 e. The second-order valence-electron chi connectivity index (χ2n) is 5.35. The number of amides is 1. The minimum atomic E-state index is 0.0815. The third-order valence-electron chi connectivity index (χ3n) is 3.88. The zero-order valence-electron chi connectivity index (χ0n) is 10.7. The van der Waals surface area contributed by atoms with Gasteiger partial charge < -0.3 is 15.4 Å². The zero-order chi connectivity index (χ0) is 12.1. The average Bonchev–Trinajstić information content (AvgIpc) is 2.77. The molecule has 0 aromatic rings. The van der Waals surface area contributed by atoms with E-state index in [9.17, 15) is 4.79 Å². The standard InChI is InChI=1S/C13H24N2O2/c1-10-8-12(9-17-10)13(16)15-7-4-11-2-5-14-6-3-11/h10-12,14H,2-9H2,1H3,(H,15,16). The molecule has 98 valence electrons. The Bertz CT molecular complexity index is 252. The van der Waals surface area contributed by atoms with E-state index >= 15 is 0 Å². The number of rotatable bonds is 4. The van der Waals surface area contributed by atoms with Crippen molar-refractivity contribution in [2.24, 2.45) is 11.8 Å². The molecule has 0 saturated carbocycles. The monoisotopic (exact) mass is 240 g/mol. The average molecular weight is 240 g/mol. The Hall–Kier alpha value is -0.610. The first kappa shape index (κ1) is 12.8. The van der Waals surface area contributed by atoms with Gasteiger partial charge in [0.25, 0.3) is 0 Å². The Kier molecular flexibility index (Phi) is 4.80. The van der Waals surface area contributed by atoms with E-state index in [2.05, 4.69) is 10.6 Å². The van der Waals surface area contributed by atoms with Gasteiger partial charge in [0, 0.05) is 6.54 Å². The van der Waals surface area contributed by atoms with Crippen LogP contribution in [0.25, 0.3) is 0 Å². The van der Waals surface area contributed by atoms with E-state index in [4.69, 9.17) is 4.74 Å². The number of hydrogen-bond acceptors (Lipinski definition) is 3. The molecule has 2 unspecified atom stereocenters. The van der Waals surface area contributed by atoms with Crippen molar-refractivity contribution in [2.45, 2.75) is 38.7 Å². The molecule has 4 nitrogen and oxygen atoms in total. The molecular weight excluding hydrogens is 216 g/mol. The van der Waals surface area contributed by atoms with Crippen LogP contribution in [0.1, 0.15) is 32.6 Å². The molecule has 0 radical (unpaired) electrons. The fraction of sp³-hybridized carbons (Fsp3) is 0.923. The maximum atomic E-state index is 11.8. The van der Waals surface area contributed by atoms with Gasteiger partial charge in [-0.3, -0.25) is 4.79 Å². The molecule has 0 aromatic heterocycles. The van der Waals surface area contributed by atoms with E-state index in [0.717, 1.165) is 38.4 Å². The molecule has 2 heterocycles. The Morgan fingerprint density at radius 2 is 2.18 bits per heavy atom. The van der Waals surface area contributed by atoms with Gasteiger partial charge >= 0.3 is 0 Å². The van der Waals surface area contributed by atoms with E-state index in [-0.39, 0.29) is 17.9 Å². The lowest BCUT2D eigenvalue weighted by molar-refractivity contribution is -0.124. The predicted octanol–water partition coefficient (Wildman–Crippen LogP) is 0.917. The molecule has 17 heavy (non-hydrogen) atoms. The van der Waals surface area contributed by atoms with Gasteiger partial charge in [0.1, 0.15) is 0 Å². The number of carbonyl (C=O) groups excluding carboxylic acids is 1. The van der Waals surface area contributed by atoms with Gasteiger partial charge in [0.05, 0.1) is 18.6 Å². The minimum absolute atomic E-state index is 0.0815. The Morgan fingerprint density at radius 3 is 2.82 bits per heavy atom. The molecule has 2 N–H and O–H groups in total. The van der Waals surface area contributed by atoms with Gasteiger partial charge in [0.2, 0.25) is 5.91 Å². The first-order chi connectivity index (χ1) is 8.25. The van der Waals surface area contributed by atoms with Crippen LogP contribution in [-0.4, -0.2) is 38.3 Å². The van der Waals surface area contributed by atoms with Crippen molar-refractivity contribution in [2.75, 3.05) is 26.2 Å². The first-order valence-electron chi connectivity index (χ1n) is 6.85. The molecule has 2 fully saturated rings. The number of hydrogen-bond donors (Lipinski definition) is 2. The highest BCUT2D eigenvalue weighted by Crippen LogP contribution is 2.19. The van der Waals surface area contributed by atoms with Crippen LogP contribution < -0.4 is 10.6 Å². The molecule has 0 aromatic carbocycles. The van der Waals surface area contributed by atoms with Gasteiger partial charge in [0.15, 0.2) is 0 Å². The van der Waals surface area contributed by atoms with Crippen LogP contribution in [0.2, 0.25) is 0 Å². The topological polar surface area (TPSA) is 50.4 Å². The van der Waals surface area contributed by atoms with Crippen LogP contribution in [-0.2, 0) is 9.53 Å². The van der Waals surface area contributed by atoms with Crippen LogP contribution in [0.15, 0.2) is 0 Å². The first-order valence-corrected chi connectivity index (χ1v) is 6.85. The number of nitrogens with one attached hydrogen (secondary N) is 2. The van der Waals surface area contributed by atoms with E-state index in [1.54, 1.807) is 0 Å². The van der Waals surface area contributed by atoms with Gasteiger partial charge in [-0.05, 0) is 51.6 Å². The number of carbonyl (C=O) groups is 1. The van der Waals surface area contributed by atoms with Gasteiger partial charge in [-0.1, -0.05) is 0 Å². The quantitative estimate of drug-likeness (QED) is 0.768. The molecule has 2 atom stereocenters. The van der Waals surface area contributed by atoms with Crippen molar-refractivity contribution < 1.29 is 9.53 Å².